The summed E-state index contributed by atoms with van der Waals surface area (Å²) in [6.45, 7) is 1.80. The summed E-state index contributed by atoms with van der Waals surface area (Å²) in [5.74, 6) is 0.679. The lowest BCUT2D eigenvalue weighted by molar-refractivity contribution is -0.128. The molecule has 2 aliphatic heterocycles. The summed E-state index contributed by atoms with van der Waals surface area (Å²) in [6, 6.07) is 9.00. The van der Waals surface area contributed by atoms with E-state index in [0.717, 1.165) is 17.3 Å². The van der Waals surface area contributed by atoms with Crippen LogP contribution in [-0.2, 0) is 4.79 Å². The average Bonchev–Trinajstić information content (AvgIpc) is 2.78. The van der Waals surface area contributed by atoms with Crippen LogP contribution in [0, 0.1) is 0 Å². The Morgan fingerprint density at radius 1 is 1.38 bits per heavy atom. The molecular weight excluding hydrogens is 332 g/mol. The van der Waals surface area contributed by atoms with Crippen molar-refractivity contribution in [2.75, 3.05) is 0 Å². The number of fused-ring (bicyclic) bond motifs is 2. The van der Waals surface area contributed by atoms with Gasteiger partial charge in [0, 0.05) is 22.6 Å². The highest BCUT2D eigenvalue weighted by atomic mass is 79.9. The van der Waals surface area contributed by atoms with Crippen molar-refractivity contribution in [3.05, 3.63) is 28.7 Å². The molecule has 0 aliphatic carbocycles. The van der Waals surface area contributed by atoms with Gasteiger partial charge in [0.05, 0.1) is 0 Å². The third kappa shape index (κ3) is 3.77. The molecule has 1 aromatic rings. The minimum absolute atomic E-state index is 0.0266. The topological polar surface area (TPSA) is 50.4 Å². The number of carbonyl (C=O) groups excluding carboxylic acids is 1. The molecule has 3 rings (SSSR count). The second-order valence-electron chi connectivity index (χ2n) is 6.03. The Hall–Kier alpha value is -1.07. The second-order valence-corrected chi connectivity index (χ2v) is 6.95. The first-order valence-electron chi connectivity index (χ1n) is 7.59. The van der Waals surface area contributed by atoms with Crippen molar-refractivity contribution < 1.29 is 9.53 Å². The summed E-state index contributed by atoms with van der Waals surface area (Å²) in [6.07, 6.45) is 4.06. The van der Waals surface area contributed by atoms with Gasteiger partial charge in [0.2, 0.25) is 0 Å². The number of hydrogen-bond acceptors (Lipinski definition) is 3. The molecule has 0 saturated carbocycles. The molecule has 4 nitrogen and oxygen atoms in total. The average molecular weight is 353 g/mol. The van der Waals surface area contributed by atoms with E-state index >= 15 is 0 Å². The van der Waals surface area contributed by atoms with Gasteiger partial charge in [-0.2, -0.15) is 0 Å². The highest BCUT2D eigenvalue weighted by Crippen LogP contribution is 2.27. The van der Waals surface area contributed by atoms with Crippen molar-refractivity contribution in [1.29, 1.82) is 0 Å². The predicted molar refractivity (Wildman–Crippen MR) is 85.3 cm³/mol. The van der Waals surface area contributed by atoms with Gasteiger partial charge in [-0.25, -0.2) is 0 Å². The molecule has 2 heterocycles. The fourth-order valence-electron chi connectivity index (χ4n) is 3.29. The molecule has 0 radical (unpaired) electrons. The Morgan fingerprint density at radius 2 is 2.10 bits per heavy atom. The molecule has 114 valence electrons. The number of rotatable bonds is 4. The number of piperidine rings is 1. The quantitative estimate of drug-likeness (QED) is 0.875. The lowest BCUT2D eigenvalue weighted by Crippen LogP contribution is -2.50. The van der Waals surface area contributed by atoms with Gasteiger partial charge in [-0.3, -0.25) is 4.79 Å². The van der Waals surface area contributed by atoms with Gasteiger partial charge in [0.15, 0.2) is 6.10 Å². The normalized spacial score (nSPS) is 29.0. The van der Waals surface area contributed by atoms with E-state index in [2.05, 4.69) is 26.6 Å². The van der Waals surface area contributed by atoms with E-state index in [1.54, 1.807) is 6.92 Å². The molecule has 2 fully saturated rings. The van der Waals surface area contributed by atoms with E-state index in [4.69, 9.17) is 4.74 Å². The van der Waals surface area contributed by atoms with Crippen LogP contribution in [0.5, 0.6) is 5.75 Å². The Morgan fingerprint density at radius 3 is 2.76 bits per heavy atom. The van der Waals surface area contributed by atoms with Gasteiger partial charge in [-0.05, 0) is 50.8 Å². The van der Waals surface area contributed by atoms with Gasteiger partial charge < -0.3 is 15.4 Å². The number of ether oxygens (including phenoxy) is 1. The molecule has 5 heteroatoms. The smallest absolute Gasteiger partial charge is 0.260 e. The fraction of sp³-hybridized carbons (Fsp3) is 0.562. The number of benzene rings is 1. The standard InChI is InChI=1S/C16H21BrN2O2/c1-10(21-15-4-2-3-11(17)7-15)16(20)19-14-8-12-5-6-13(9-14)18-12/h2-4,7,10,12-14,18H,5-6,8-9H2,1H3,(H,19,20). The lowest BCUT2D eigenvalue weighted by Gasteiger charge is -2.30. The highest BCUT2D eigenvalue weighted by Gasteiger charge is 2.34. The maximum atomic E-state index is 12.3. The summed E-state index contributed by atoms with van der Waals surface area (Å²) in [7, 11) is 0. The molecule has 21 heavy (non-hydrogen) atoms. The summed E-state index contributed by atoms with van der Waals surface area (Å²) >= 11 is 3.40. The van der Waals surface area contributed by atoms with Gasteiger partial charge in [-0.1, -0.05) is 22.0 Å². The Labute approximate surface area is 133 Å². The first-order chi connectivity index (χ1) is 10.1. The van der Waals surface area contributed by atoms with E-state index in [0.29, 0.717) is 17.8 Å². The third-order valence-electron chi connectivity index (χ3n) is 4.30. The highest BCUT2D eigenvalue weighted by molar-refractivity contribution is 9.10. The first-order valence-corrected chi connectivity index (χ1v) is 8.38. The van der Waals surface area contributed by atoms with Crippen LogP contribution < -0.4 is 15.4 Å². The van der Waals surface area contributed by atoms with Crippen LogP contribution in [0.3, 0.4) is 0 Å². The van der Waals surface area contributed by atoms with Crippen molar-refractivity contribution >= 4 is 21.8 Å². The van der Waals surface area contributed by atoms with Crippen LogP contribution in [-0.4, -0.2) is 30.1 Å². The summed E-state index contributed by atoms with van der Waals surface area (Å²) in [4.78, 5) is 12.3. The molecule has 3 unspecified atom stereocenters. The van der Waals surface area contributed by atoms with Gasteiger partial charge in [0.1, 0.15) is 5.75 Å². The van der Waals surface area contributed by atoms with Crippen LogP contribution in [0.4, 0.5) is 0 Å². The second kappa shape index (κ2) is 6.36. The van der Waals surface area contributed by atoms with Crippen molar-refractivity contribution in [3.63, 3.8) is 0 Å². The van der Waals surface area contributed by atoms with Crippen LogP contribution in [0.2, 0.25) is 0 Å². The zero-order valence-electron chi connectivity index (χ0n) is 12.1. The van der Waals surface area contributed by atoms with E-state index < -0.39 is 6.10 Å². The Bertz CT molecular complexity index is 511. The SMILES string of the molecule is CC(Oc1cccc(Br)c1)C(=O)NC1CC2CCC(C1)N2. The predicted octanol–water partition coefficient (Wildman–Crippen LogP) is 2.62. The van der Waals surface area contributed by atoms with E-state index in [-0.39, 0.29) is 11.9 Å². The molecule has 1 amide bonds. The Balaban J connectivity index is 1.53. The number of hydrogen-bond donors (Lipinski definition) is 2. The van der Waals surface area contributed by atoms with Crippen molar-refractivity contribution in [2.24, 2.45) is 0 Å². The molecule has 1 aromatic carbocycles. The lowest BCUT2D eigenvalue weighted by atomic mass is 9.99. The summed E-state index contributed by atoms with van der Waals surface area (Å²) < 4.78 is 6.66. The van der Waals surface area contributed by atoms with Crippen molar-refractivity contribution in [1.82, 2.24) is 10.6 Å². The third-order valence-corrected chi connectivity index (χ3v) is 4.79. The minimum Gasteiger partial charge on any atom is -0.481 e. The molecule has 0 spiro atoms. The number of halogens is 1. The molecule has 2 N–H and O–H groups in total. The van der Waals surface area contributed by atoms with Crippen molar-refractivity contribution in [2.45, 2.75) is 56.8 Å². The molecule has 2 aliphatic rings. The fourth-order valence-corrected chi connectivity index (χ4v) is 3.67. The molecular formula is C16H21BrN2O2. The summed E-state index contributed by atoms with van der Waals surface area (Å²) in [5.41, 5.74) is 0. The van der Waals surface area contributed by atoms with Crippen LogP contribution >= 0.6 is 15.9 Å². The van der Waals surface area contributed by atoms with Gasteiger partial charge in [-0.15, -0.1) is 0 Å². The van der Waals surface area contributed by atoms with Crippen LogP contribution in [0.1, 0.15) is 32.6 Å². The van der Waals surface area contributed by atoms with Crippen LogP contribution in [0.25, 0.3) is 0 Å². The molecule has 2 bridgehead atoms. The number of carbonyl (C=O) groups is 1. The zero-order chi connectivity index (χ0) is 14.8. The number of nitrogens with one attached hydrogen (secondary N) is 2. The van der Waals surface area contributed by atoms with E-state index in [1.807, 2.05) is 24.3 Å². The van der Waals surface area contributed by atoms with Gasteiger partial charge >= 0.3 is 0 Å². The number of amides is 1. The monoisotopic (exact) mass is 352 g/mol. The van der Waals surface area contributed by atoms with Crippen LogP contribution in [0.15, 0.2) is 28.7 Å². The van der Waals surface area contributed by atoms with Gasteiger partial charge in [0.25, 0.3) is 5.91 Å². The van der Waals surface area contributed by atoms with E-state index in [1.165, 1.54) is 12.8 Å². The maximum Gasteiger partial charge on any atom is 0.260 e. The molecule has 0 aromatic heterocycles. The zero-order valence-corrected chi connectivity index (χ0v) is 13.7. The van der Waals surface area contributed by atoms with E-state index in [9.17, 15) is 4.79 Å². The molecule has 2 saturated heterocycles. The largest absolute Gasteiger partial charge is 0.481 e. The minimum atomic E-state index is -0.480. The summed E-state index contributed by atoms with van der Waals surface area (Å²) in [5, 5.41) is 6.72. The Kier molecular flexibility index (Phi) is 4.50. The molecule has 3 atom stereocenters. The first kappa shape index (κ1) is 14.9. The van der Waals surface area contributed by atoms with Crippen molar-refractivity contribution in [3.8, 4) is 5.75 Å². The maximum absolute atomic E-state index is 12.3.